The van der Waals surface area contributed by atoms with Crippen LogP contribution in [0.3, 0.4) is 0 Å². The summed E-state index contributed by atoms with van der Waals surface area (Å²) in [7, 11) is 0. The van der Waals surface area contributed by atoms with Gasteiger partial charge in [0, 0.05) is 44.0 Å². The van der Waals surface area contributed by atoms with Crippen LogP contribution in [0.15, 0.2) is 22.7 Å². The summed E-state index contributed by atoms with van der Waals surface area (Å²) in [5, 5.41) is 4.21. The molecule has 3 fully saturated rings. The highest BCUT2D eigenvalue weighted by Crippen LogP contribution is 2.30. The Morgan fingerprint density at radius 3 is 2.76 bits per heavy atom. The third-order valence-electron chi connectivity index (χ3n) is 4.51. The maximum absolute atomic E-state index is 5.86. The highest BCUT2D eigenvalue weighted by atomic mass is 16.5. The van der Waals surface area contributed by atoms with Crippen molar-refractivity contribution in [3.8, 4) is 11.5 Å². The molecule has 3 saturated heterocycles. The third-order valence-corrected chi connectivity index (χ3v) is 4.51. The van der Waals surface area contributed by atoms with E-state index in [1.807, 2.05) is 25.1 Å². The largest absolute Gasteiger partial charge is 0.399 e. The maximum Gasteiger partial charge on any atom is 0.258 e. The van der Waals surface area contributed by atoms with Crippen molar-refractivity contribution < 1.29 is 4.52 Å². The van der Waals surface area contributed by atoms with Crippen LogP contribution in [0.1, 0.15) is 17.4 Å². The normalized spacial score (nSPS) is 28.0. The van der Waals surface area contributed by atoms with E-state index in [-0.39, 0.29) is 6.04 Å². The van der Waals surface area contributed by atoms with Gasteiger partial charge in [-0.2, -0.15) is 4.98 Å². The fourth-order valence-electron chi connectivity index (χ4n) is 3.21. The Kier molecular flexibility index (Phi) is 2.94. The van der Waals surface area contributed by atoms with E-state index < -0.39 is 0 Å². The lowest BCUT2D eigenvalue weighted by atomic mass is 10.1. The van der Waals surface area contributed by atoms with Crippen LogP contribution in [-0.4, -0.2) is 52.7 Å². The molecule has 0 spiro atoms. The van der Waals surface area contributed by atoms with Crippen molar-refractivity contribution in [2.75, 3.05) is 38.5 Å². The molecule has 2 aromatic rings. The smallest absolute Gasteiger partial charge is 0.258 e. The highest BCUT2D eigenvalue weighted by molar-refractivity contribution is 5.63. The fourth-order valence-corrected chi connectivity index (χ4v) is 3.21. The Labute approximate surface area is 123 Å². The highest BCUT2D eigenvalue weighted by Gasteiger charge is 2.35. The van der Waals surface area contributed by atoms with Crippen LogP contribution in [0.5, 0.6) is 0 Å². The van der Waals surface area contributed by atoms with Crippen LogP contribution in [0.4, 0.5) is 5.69 Å². The van der Waals surface area contributed by atoms with Crippen molar-refractivity contribution in [3.63, 3.8) is 0 Å². The molecule has 2 N–H and O–H groups in total. The lowest BCUT2D eigenvalue weighted by Gasteiger charge is -2.46. The first-order valence-corrected chi connectivity index (χ1v) is 7.37. The average Bonchev–Trinajstić information content (AvgIpc) is 3.00. The molecular weight excluding hydrogens is 266 g/mol. The topological polar surface area (TPSA) is 71.4 Å². The van der Waals surface area contributed by atoms with Crippen LogP contribution in [-0.2, 0) is 0 Å². The van der Waals surface area contributed by atoms with Gasteiger partial charge in [0.1, 0.15) is 0 Å². The summed E-state index contributed by atoms with van der Waals surface area (Å²) >= 11 is 0. The van der Waals surface area contributed by atoms with Gasteiger partial charge in [0.25, 0.3) is 5.89 Å². The number of nitrogens with two attached hydrogens (primary N) is 1. The Balaban J connectivity index is 1.65. The molecule has 1 unspecified atom stereocenters. The summed E-state index contributed by atoms with van der Waals surface area (Å²) in [6.45, 7) is 7.49. The summed E-state index contributed by atoms with van der Waals surface area (Å²) in [6.07, 6.45) is 0. The summed E-state index contributed by atoms with van der Waals surface area (Å²) in [6, 6.07) is 6.01. The molecular formula is C15H19N5O. The molecule has 6 heteroatoms. The molecule has 0 radical (unpaired) electrons. The van der Waals surface area contributed by atoms with Crippen molar-refractivity contribution in [2.24, 2.45) is 0 Å². The minimum atomic E-state index is 0.256. The van der Waals surface area contributed by atoms with Crippen LogP contribution in [0, 0.1) is 6.92 Å². The minimum Gasteiger partial charge on any atom is -0.399 e. The van der Waals surface area contributed by atoms with Gasteiger partial charge in [0.15, 0.2) is 5.82 Å². The Hall–Kier alpha value is -1.92. The number of nitrogens with zero attached hydrogens (tertiary/aromatic N) is 4. The zero-order valence-electron chi connectivity index (χ0n) is 12.1. The zero-order chi connectivity index (χ0) is 14.4. The summed E-state index contributed by atoms with van der Waals surface area (Å²) < 4.78 is 5.49. The summed E-state index contributed by atoms with van der Waals surface area (Å²) in [4.78, 5) is 9.53. The van der Waals surface area contributed by atoms with Crippen molar-refractivity contribution in [3.05, 3.63) is 29.6 Å². The van der Waals surface area contributed by atoms with Gasteiger partial charge in [0.2, 0.25) is 0 Å². The van der Waals surface area contributed by atoms with Gasteiger partial charge in [-0.1, -0.05) is 11.2 Å². The van der Waals surface area contributed by atoms with E-state index in [4.69, 9.17) is 10.3 Å². The molecule has 110 valence electrons. The molecule has 0 aliphatic carbocycles. The fraction of sp³-hybridized carbons (Fsp3) is 0.467. The molecule has 2 bridgehead atoms. The van der Waals surface area contributed by atoms with Gasteiger partial charge in [-0.3, -0.25) is 9.80 Å². The number of piperazine rings is 3. The second-order valence-electron chi connectivity index (χ2n) is 5.88. The first kappa shape index (κ1) is 12.8. The van der Waals surface area contributed by atoms with Crippen LogP contribution >= 0.6 is 0 Å². The molecule has 21 heavy (non-hydrogen) atoms. The number of benzene rings is 1. The summed E-state index contributed by atoms with van der Waals surface area (Å²) in [5.74, 6) is 1.35. The van der Waals surface area contributed by atoms with Gasteiger partial charge in [-0.15, -0.1) is 0 Å². The number of rotatable bonds is 2. The molecule has 6 nitrogen and oxygen atoms in total. The Morgan fingerprint density at radius 2 is 2.05 bits per heavy atom. The first-order valence-electron chi connectivity index (χ1n) is 7.37. The van der Waals surface area contributed by atoms with Gasteiger partial charge >= 0.3 is 0 Å². The van der Waals surface area contributed by atoms with Crippen molar-refractivity contribution >= 4 is 5.69 Å². The number of nitrogen functional groups attached to an aromatic ring is 1. The monoisotopic (exact) mass is 285 g/mol. The van der Waals surface area contributed by atoms with E-state index >= 15 is 0 Å². The zero-order valence-corrected chi connectivity index (χ0v) is 12.1. The van der Waals surface area contributed by atoms with E-state index in [2.05, 4.69) is 19.9 Å². The standard InChI is InChI=1S/C15H19N5O/c1-10-2-3-11(16)8-12(10)15-17-14(18-21-15)13-9-19-4-6-20(13)7-5-19/h2-3,8,13H,4-7,9,16H2,1H3. The Morgan fingerprint density at radius 1 is 1.24 bits per heavy atom. The molecule has 5 rings (SSSR count). The lowest BCUT2D eigenvalue weighted by Crippen LogP contribution is -2.57. The number of aromatic nitrogens is 2. The number of hydrogen-bond donors (Lipinski definition) is 1. The van der Waals surface area contributed by atoms with Gasteiger partial charge in [-0.25, -0.2) is 0 Å². The first-order chi connectivity index (χ1) is 10.2. The van der Waals surface area contributed by atoms with E-state index in [9.17, 15) is 0 Å². The van der Waals surface area contributed by atoms with Crippen LogP contribution in [0.2, 0.25) is 0 Å². The minimum absolute atomic E-state index is 0.256. The lowest BCUT2D eigenvalue weighted by molar-refractivity contribution is 0.00781. The van der Waals surface area contributed by atoms with Gasteiger partial charge in [-0.05, 0) is 24.6 Å². The predicted octanol–water partition coefficient (Wildman–Crippen LogP) is 1.30. The molecule has 3 aliphatic heterocycles. The van der Waals surface area contributed by atoms with Gasteiger partial charge < -0.3 is 10.3 Å². The molecule has 3 aliphatic rings. The predicted molar refractivity (Wildman–Crippen MR) is 79.6 cm³/mol. The quantitative estimate of drug-likeness (QED) is 0.839. The molecule has 0 amide bonds. The molecule has 1 aromatic heterocycles. The average molecular weight is 285 g/mol. The van der Waals surface area contributed by atoms with E-state index in [0.29, 0.717) is 11.6 Å². The van der Waals surface area contributed by atoms with E-state index in [1.165, 1.54) is 0 Å². The number of anilines is 1. The van der Waals surface area contributed by atoms with Crippen molar-refractivity contribution in [1.29, 1.82) is 0 Å². The van der Waals surface area contributed by atoms with Crippen molar-refractivity contribution in [1.82, 2.24) is 19.9 Å². The number of hydrogen-bond acceptors (Lipinski definition) is 6. The second kappa shape index (κ2) is 4.82. The molecule has 1 aromatic carbocycles. The SMILES string of the molecule is Cc1ccc(N)cc1-c1nc(C2CN3CCN2CC3)no1. The molecule has 4 heterocycles. The molecule has 1 atom stereocenters. The summed E-state index contributed by atoms with van der Waals surface area (Å²) in [5.41, 5.74) is 8.58. The Bertz CT molecular complexity index is 660. The third kappa shape index (κ3) is 2.20. The maximum atomic E-state index is 5.86. The van der Waals surface area contributed by atoms with Crippen LogP contribution < -0.4 is 5.73 Å². The van der Waals surface area contributed by atoms with E-state index in [0.717, 1.165) is 49.7 Å². The molecule has 0 saturated carbocycles. The number of aryl methyl sites for hydroxylation is 1. The van der Waals surface area contributed by atoms with Gasteiger partial charge in [0.05, 0.1) is 6.04 Å². The van der Waals surface area contributed by atoms with Crippen molar-refractivity contribution in [2.45, 2.75) is 13.0 Å². The number of fused-ring (bicyclic) bond motifs is 3. The van der Waals surface area contributed by atoms with E-state index in [1.54, 1.807) is 0 Å². The second-order valence-corrected chi connectivity index (χ2v) is 5.88. The van der Waals surface area contributed by atoms with Crippen LogP contribution in [0.25, 0.3) is 11.5 Å².